The molecule has 5 aliphatic rings. The molecule has 5 aliphatic carbocycles. The Balaban J connectivity index is 1.46. The first-order valence-electron chi connectivity index (χ1n) is 13.6. The SMILES string of the molecule is CC1=C(C)C(C)[C]([Hf]([NH]C(=O)C23CC4CC(CC2C4)C3)[SiH](c2ccccc2)c2ccccc2)=C1C. The van der Waals surface area contributed by atoms with E-state index in [4.69, 9.17) is 0 Å². The second-order valence-corrected chi connectivity index (χ2v) is 30.8. The van der Waals surface area contributed by atoms with E-state index in [1.165, 1.54) is 46.4 Å². The normalized spacial score (nSPS) is 31.1. The summed E-state index contributed by atoms with van der Waals surface area (Å²) >= 11 is -2.88. The predicted molar refractivity (Wildman–Crippen MR) is 144 cm³/mol. The Morgan fingerprint density at radius 3 is 1.89 bits per heavy atom. The molecule has 0 spiro atoms. The fraction of sp³-hybridized carbons (Fsp3) is 0.452. The van der Waals surface area contributed by atoms with Gasteiger partial charge in [-0.2, -0.15) is 0 Å². The number of benzene rings is 2. The van der Waals surface area contributed by atoms with Crippen molar-refractivity contribution in [2.24, 2.45) is 29.1 Å². The molecule has 4 saturated carbocycles. The van der Waals surface area contributed by atoms with E-state index in [0.29, 0.717) is 17.7 Å². The van der Waals surface area contributed by atoms with E-state index in [0.717, 1.165) is 24.7 Å². The molecule has 0 aliphatic heterocycles. The van der Waals surface area contributed by atoms with Gasteiger partial charge >= 0.3 is 221 Å². The van der Waals surface area contributed by atoms with Crippen LogP contribution in [-0.4, -0.2) is 11.9 Å². The Hall–Kier alpha value is -1.52. The zero-order chi connectivity index (χ0) is 24.3. The van der Waals surface area contributed by atoms with Crippen LogP contribution in [0.1, 0.15) is 59.8 Å². The molecule has 35 heavy (non-hydrogen) atoms. The third-order valence-corrected chi connectivity index (χ3v) is 36.8. The zero-order valence-corrected chi connectivity index (χ0v) is 26.4. The van der Waals surface area contributed by atoms with Gasteiger partial charge in [-0.3, -0.25) is 0 Å². The molecule has 3 unspecified atom stereocenters. The molecular formula is C31H38HfNOSi. The molecule has 1 N–H and O–H groups in total. The van der Waals surface area contributed by atoms with Crippen LogP contribution in [0.25, 0.3) is 0 Å². The maximum atomic E-state index is 14.5. The van der Waals surface area contributed by atoms with Gasteiger partial charge in [-0.05, 0) is 0 Å². The van der Waals surface area contributed by atoms with Crippen molar-refractivity contribution in [3.8, 4) is 0 Å². The second kappa shape index (κ2) is 9.10. The molecule has 4 fully saturated rings. The molecule has 4 bridgehead atoms. The number of hydrogen-bond acceptors (Lipinski definition) is 1. The van der Waals surface area contributed by atoms with Gasteiger partial charge in [0.05, 0.1) is 0 Å². The van der Waals surface area contributed by atoms with Crippen LogP contribution < -0.4 is 13.7 Å². The molecule has 2 aromatic carbocycles. The number of allylic oxidation sites excluding steroid dienone is 4. The van der Waals surface area contributed by atoms with Gasteiger partial charge in [0.1, 0.15) is 0 Å². The summed E-state index contributed by atoms with van der Waals surface area (Å²) in [5, 5.41) is 3.01. The quantitative estimate of drug-likeness (QED) is 0.427. The number of carbonyl (C=O) groups excluding carboxylic acids is 1. The minimum atomic E-state index is -2.88. The molecule has 0 aromatic heterocycles. The third kappa shape index (κ3) is 3.85. The van der Waals surface area contributed by atoms with Crippen LogP contribution in [0.2, 0.25) is 0 Å². The minimum absolute atomic E-state index is 0.0519. The molecule has 1 amide bonds. The van der Waals surface area contributed by atoms with Gasteiger partial charge in [-0.15, -0.1) is 0 Å². The summed E-state index contributed by atoms with van der Waals surface area (Å²) in [4.78, 5) is 14.5. The van der Waals surface area contributed by atoms with Crippen molar-refractivity contribution in [3.05, 3.63) is 80.7 Å². The summed E-state index contributed by atoms with van der Waals surface area (Å²) in [5.41, 5.74) is 4.43. The summed E-state index contributed by atoms with van der Waals surface area (Å²) in [6.07, 6.45) is 6.31. The standard InChI is InChI=1S/C12H11Si.C10H15NO.C9H13.Hf/c1-3-7-11(8-4-1)13-12-9-5-2-6-10-12;11-9(12)10-4-6-1-7(5-10)3-8(10)2-6;1-6-5-7(2)9(4)8(6)3;/h1-10,13H;6-8H,1-5H2,(H2,11,12);6H,1-4H3;/q;;;+1/p-1. The number of amides is 1. The predicted octanol–water partition coefficient (Wildman–Crippen LogP) is 5.26. The molecule has 7 rings (SSSR count). The van der Waals surface area contributed by atoms with E-state index in [9.17, 15) is 4.79 Å². The maximum absolute atomic E-state index is 14.5. The Bertz CT molecular complexity index is 1150. The number of carbonyl (C=O) groups is 1. The van der Waals surface area contributed by atoms with Gasteiger partial charge < -0.3 is 0 Å². The van der Waals surface area contributed by atoms with Crippen LogP contribution in [0.5, 0.6) is 0 Å². The summed E-state index contributed by atoms with van der Waals surface area (Å²) in [7, 11) is 0. The Morgan fingerprint density at radius 1 is 0.857 bits per heavy atom. The molecule has 0 heterocycles. The summed E-state index contributed by atoms with van der Waals surface area (Å²) < 4.78 is 5.73. The van der Waals surface area contributed by atoms with Crippen molar-refractivity contribution >= 4 is 22.3 Å². The van der Waals surface area contributed by atoms with E-state index in [2.05, 4.69) is 91.7 Å². The summed E-state index contributed by atoms with van der Waals surface area (Å²) in [6, 6.07) is 22.5. The van der Waals surface area contributed by atoms with Crippen molar-refractivity contribution in [1.82, 2.24) is 3.30 Å². The first-order chi connectivity index (χ1) is 16.9. The van der Waals surface area contributed by atoms with Gasteiger partial charge in [0.15, 0.2) is 0 Å². The summed E-state index contributed by atoms with van der Waals surface area (Å²) in [5.74, 6) is 1.59. The first kappa shape index (κ1) is 23.9. The van der Waals surface area contributed by atoms with E-state index < -0.39 is 26.9 Å². The van der Waals surface area contributed by atoms with Crippen LogP contribution in [-0.2, 0) is 25.7 Å². The Kier molecular flexibility index (Phi) is 6.20. The number of nitrogens with one attached hydrogen (secondary N) is 1. The van der Waals surface area contributed by atoms with Crippen molar-refractivity contribution in [2.75, 3.05) is 0 Å². The fourth-order valence-corrected chi connectivity index (χ4v) is 39.0. The monoisotopic (exact) mass is 648 g/mol. The van der Waals surface area contributed by atoms with Gasteiger partial charge in [-0.1, -0.05) is 0 Å². The van der Waals surface area contributed by atoms with E-state index in [-0.39, 0.29) is 5.41 Å². The van der Waals surface area contributed by atoms with Gasteiger partial charge in [0.2, 0.25) is 0 Å². The van der Waals surface area contributed by atoms with Crippen molar-refractivity contribution < 1.29 is 25.7 Å². The second-order valence-electron chi connectivity index (χ2n) is 11.9. The first-order valence-corrected chi connectivity index (χ1v) is 25.1. The van der Waals surface area contributed by atoms with Crippen molar-refractivity contribution in [1.29, 1.82) is 0 Å². The average Bonchev–Trinajstić information content (AvgIpc) is 3.36. The van der Waals surface area contributed by atoms with Gasteiger partial charge in [-0.25, -0.2) is 0 Å². The topological polar surface area (TPSA) is 29.1 Å². The van der Waals surface area contributed by atoms with Crippen LogP contribution in [0.4, 0.5) is 0 Å². The Labute approximate surface area is 219 Å². The van der Waals surface area contributed by atoms with E-state index in [1.807, 2.05) is 0 Å². The summed E-state index contributed by atoms with van der Waals surface area (Å²) in [6.45, 7) is 9.37. The van der Waals surface area contributed by atoms with Crippen LogP contribution in [0.3, 0.4) is 0 Å². The molecule has 2 aromatic rings. The third-order valence-electron chi connectivity index (χ3n) is 10.2. The average molecular weight is 647 g/mol. The van der Waals surface area contributed by atoms with E-state index >= 15 is 0 Å². The van der Waals surface area contributed by atoms with Crippen molar-refractivity contribution in [3.63, 3.8) is 0 Å². The molecule has 4 heteroatoms. The van der Waals surface area contributed by atoms with Gasteiger partial charge in [0.25, 0.3) is 0 Å². The molecule has 0 saturated heterocycles. The number of rotatable bonds is 6. The zero-order valence-electron chi connectivity index (χ0n) is 21.6. The molecule has 181 valence electrons. The molecular weight excluding hydrogens is 609 g/mol. The van der Waals surface area contributed by atoms with Crippen molar-refractivity contribution in [2.45, 2.75) is 59.8 Å². The number of hydrogen-bond donors (Lipinski definition) is 1. The van der Waals surface area contributed by atoms with Crippen LogP contribution >= 0.6 is 0 Å². The van der Waals surface area contributed by atoms with Crippen LogP contribution in [0.15, 0.2) is 80.7 Å². The fourth-order valence-electron chi connectivity index (χ4n) is 8.32. The Morgan fingerprint density at radius 2 is 1.40 bits per heavy atom. The molecule has 3 atom stereocenters. The molecule has 0 radical (unpaired) electrons. The van der Waals surface area contributed by atoms with Gasteiger partial charge in [0, 0.05) is 0 Å². The molecule has 2 nitrogen and oxygen atoms in total. The van der Waals surface area contributed by atoms with E-state index in [1.54, 1.807) is 3.33 Å². The van der Waals surface area contributed by atoms with Crippen LogP contribution in [0, 0.1) is 29.1 Å².